The Labute approximate surface area is 182 Å². The molecule has 2 fully saturated rings. The van der Waals surface area contributed by atoms with Gasteiger partial charge in [0.05, 0.1) is 33.8 Å². The predicted molar refractivity (Wildman–Crippen MR) is 103 cm³/mol. The molecule has 0 aromatic heterocycles. The van der Waals surface area contributed by atoms with E-state index in [0.29, 0.717) is 5.56 Å². The van der Waals surface area contributed by atoms with Crippen LogP contribution >= 0.6 is 0 Å². The molecule has 0 radical (unpaired) electrons. The summed E-state index contributed by atoms with van der Waals surface area (Å²) in [5.74, 6) is -4.24. The Morgan fingerprint density at radius 1 is 1.21 bits per heavy atom. The van der Waals surface area contributed by atoms with Gasteiger partial charge < -0.3 is 31.3 Å². The van der Waals surface area contributed by atoms with Gasteiger partial charge in [0.25, 0.3) is 0 Å². The van der Waals surface area contributed by atoms with Crippen molar-refractivity contribution in [3.63, 3.8) is 0 Å². The molecule has 1 aliphatic carbocycles. The molecule has 1 N–H and O–H groups in total. The summed E-state index contributed by atoms with van der Waals surface area (Å²) in [6.07, 6.45) is 1.19. The number of benzene rings is 1. The monoisotopic (exact) mass is 475 g/mol. The van der Waals surface area contributed by atoms with Gasteiger partial charge in [0.15, 0.2) is 5.60 Å². The zero-order valence-corrected chi connectivity index (χ0v) is 19.1. The zero-order valence-electron chi connectivity index (χ0n) is 17.5. The van der Waals surface area contributed by atoms with Crippen LogP contribution in [0, 0.1) is 18.8 Å². The molecule has 29 heavy (non-hydrogen) atoms. The third-order valence-corrected chi connectivity index (χ3v) is 6.53. The van der Waals surface area contributed by atoms with E-state index in [1.807, 2.05) is 6.92 Å². The highest BCUT2D eigenvalue weighted by Crippen LogP contribution is 2.48. The van der Waals surface area contributed by atoms with Crippen LogP contribution in [-0.2, 0) is 15.1 Å². The minimum atomic E-state index is -2.85. The minimum absolute atomic E-state index is 0. The van der Waals surface area contributed by atoms with Crippen molar-refractivity contribution < 1.29 is 44.9 Å². The Morgan fingerprint density at radius 2 is 1.79 bits per heavy atom. The number of rotatable bonds is 5. The van der Waals surface area contributed by atoms with Crippen LogP contribution in [0.25, 0.3) is 0 Å². The minimum Gasteiger partial charge on any atom is -1.00 e. The van der Waals surface area contributed by atoms with Crippen LogP contribution in [0.5, 0.6) is 0 Å². The average molecular weight is 476 g/mol. The molecule has 1 saturated carbocycles. The van der Waals surface area contributed by atoms with Gasteiger partial charge in [-0.2, -0.15) is 0 Å². The molecule has 0 amide bonds. The summed E-state index contributed by atoms with van der Waals surface area (Å²) in [4.78, 5) is 13.0. The number of aliphatic hydroxyl groups is 1. The number of nitrogens with zero attached hydrogens (tertiary/aromatic N) is 1. The van der Waals surface area contributed by atoms with E-state index in [1.54, 1.807) is 24.3 Å². The quantitative estimate of drug-likeness (QED) is 0.502. The lowest BCUT2D eigenvalue weighted by Crippen LogP contribution is -3.00. The first-order valence-corrected chi connectivity index (χ1v) is 10.2. The smallest absolute Gasteiger partial charge is 0.343 e. The van der Waals surface area contributed by atoms with Gasteiger partial charge in [0.1, 0.15) is 0 Å². The summed E-state index contributed by atoms with van der Waals surface area (Å²) in [6.45, 7) is 4.16. The number of carbonyl (C=O) groups excluding carboxylic acids is 1. The lowest BCUT2D eigenvalue weighted by Gasteiger charge is -2.37. The highest BCUT2D eigenvalue weighted by molar-refractivity contribution is 5.81. The number of likely N-dealkylation sites (tertiary alicyclic amines) is 1. The van der Waals surface area contributed by atoms with E-state index in [1.165, 1.54) is 0 Å². The molecule has 164 valence electrons. The molecule has 2 atom stereocenters. The maximum absolute atomic E-state index is 13.9. The molecule has 1 heterocycles. The van der Waals surface area contributed by atoms with Gasteiger partial charge in [-0.05, 0) is 18.9 Å². The van der Waals surface area contributed by atoms with E-state index in [9.17, 15) is 18.7 Å². The Balaban J connectivity index is 0.00000300. The summed E-state index contributed by atoms with van der Waals surface area (Å²) in [6, 6.07) is 6.85. The molecule has 3 rings (SSSR count). The van der Waals surface area contributed by atoms with Crippen LogP contribution < -0.4 is 17.0 Å². The Bertz CT molecular complexity index is 701. The number of aryl methyl sites for hydroxylation is 1. The SMILES string of the molecule is Cc1ccc([C@@](O)(C(=O)OCC2CC[N+](C)(C)CC2)[C@@H]2CCC(F)(F)C2)cc1.[Br-]. The Morgan fingerprint density at radius 3 is 2.31 bits per heavy atom. The van der Waals surface area contributed by atoms with Crippen LogP contribution in [0.2, 0.25) is 0 Å². The summed E-state index contributed by atoms with van der Waals surface area (Å²) in [7, 11) is 4.36. The number of hydrogen-bond acceptors (Lipinski definition) is 3. The maximum Gasteiger partial charge on any atom is 0.343 e. The van der Waals surface area contributed by atoms with E-state index < -0.39 is 29.8 Å². The Kier molecular flexibility index (Phi) is 7.50. The molecule has 0 spiro atoms. The van der Waals surface area contributed by atoms with E-state index in [0.717, 1.165) is 36.0 Å². The number of quaternary nitrogens is 1. The highest BCUT2D eigenvalue weighted by Gasteiger charge is 2.54. The van der Waals surface area contributed by atoms with E-state index >= 15 is 0 Å². The molecule has 1 saturated heterocycles. The lowest BCUT2D eigenvalue weighted by molar-refractivity contribution is -0.896. The topological polar surface area (TPSA) is 46.5 Å². The first kappa shape index (κ1) is 24.2. The van der Waals surface area contributed by atoms with Crippen molar-refractivity contribution in [3.05, 3.63) is 35.4 Å². The third-order valence-electron chi connectivity index (χ3n) is 6.53. The van der Waals surface area contributed by atoms with E-state index in [2.05, 4.69) is 14.1 Å². The van der Waals surface area contributed by atoms with Crippen LogP contribution in [0.4, 0.5) is 8.78 Å². The average Bonchev–Trinajstić information content (AvgIpc) is 3.00. The molecule has 4 nitrogen and oxygen atoms in total. The van der Waals surface area contributed by atoms with Crippen molar-refractivity contribution in [1.82, 2.24) is 0 Å². The van der Waals surface area contributed by atoms with Crippen molar-refractivity contribution in [3.8, 4) is 0 Å². The molecule has 1 aliphatic heterocycles. The normalized spacial score (nSPS) is 25.7. The van der Waals surface area contributed by atoms with Crippen molar-refractivity contribution in [2.45, 2.75) is 50.6 Å². The summed E-state index contributed by atoms with van der Waals surface area (Å²) in [5.41, 5.74) is -0.719. The molecule has 7 heteroatoms. The van der Waals surface area contributed by atoms with E-state index in [-0.39, 0.29) is 42.3 Å². The van der Waals surface area contributed by atoms with E-state index in [4.69, 9.17) is 4.74 Å². The first-order chi connectivity index (χ1) is 13.0. The maximum atomic E-state index is 13.9. The second-order valence-corrected chi connectivity index (χ2v) is 9.35. The predicted octanol–water partition coefficient (Wildman–Crippen LogP) is 0.652. The Hall–Kier alpha value is -1.05. The standard InChI is InChI=1S/C22H32F2NO3.BrH/c1-16-4-6-18(7-5-16)22(27,19-8-11-21(23,24)14-19)20(26)28-15-17-9-12-25(2,3)13-10-17;/h4-7,17,19,27H,8-15H2,1-3H3;1H/q+1;/p-1/t19-,22+;/m1./s1. The third kappa shape index (κ3) is 5.56. The van der Waals surface area contributed by atoms with Crippen molar-refractivity contribution in [2.24, 2.45) is 11.8 Å². The number of ether oxygens (including phenoxy) is 1. The highest BCUT2D eigenvalue weighted by atomic mass is 79.9. The molecule has 1 aromatic carbocycles. The van der Waals surface area contributed by atoms with Crippen LogP contribution in [0.3, 0.4) is 0 Å². The first-order valence-electron chi connectivity index (χ1n) is 10.2. The summed E-state index contributed by atoms with van der Waals surface area (Å²) in [5, 5.41) is 11.4. The summed E-state index contributed by atoms with van der Waals surface area (Å²) < 4.78 is 34.2. The number of hydrogen-bond donors (Lipinski definition) is 1. The second-order valence-electron chi connectivity index (χ2n) is 9.35. The number of alkyl halides is 2. The van der Waals surface area contributed by atoms with Crippen LogP contribution in [0.15, 0.2) is 24.3 Å². The largest absolute Gasteiger partial charge is 1.00 e. The van der Waals surface area contributed by atoms with Gasteiger partial charge in [0.2, 0.25) is 5.92 Å². The van der Waals surface area contributed by atoms with Crippen molar-refractivity contribution in [2.75, 3.05) is 33.8 Å². The number of halogens is 3. The van der Waals surface area contributed by atoms with Gasteiger partial charge in [-0.15, -0.1) is 0 Å². The van der Waals surface area contributed by atoms with Gasteiger partial charge in [-0.25, -0.2) is 13.6 Å². The molecular formula is C22H32BrF2NO3. The number of carbonyl (C=O) groups is 1. The van der Waals surface area contributed by atoms with Gasteiger partial charge in [-0.3, -0.25) is 0 Å². The fourth-order valence-corrected chi connectivity index (χ4v) is 4.42. The molecule has 0 unspecified atom stereocenters. The molecule has 0 bridgehead atoms. The molecule has 1 aromatic rings. The second kappa shape index (κ2) is 8.98. The summed E-state index contributed by atoms with van der Waals surface area (Å²) >= 11 is 0. The fourth-order valence-electron chi connectivity index (χ4n) is 4.42. The van der Waals surface area contributed by atoms with Crippen LogP contribution in [-0.4, -0.2) is 55.3 Å². The van der Waals surface area contributed by atoms with Crippen molar-refractivity contribution in [1.29, 1.82) is 0 Å². The molecular weight excluding hydrogens is 444 g/mol. The van der Waals surface area contributed by atoms with Gasteiger partial charge >= 0.3 is 5.97 Å². The van der Waals surface area contributed by atoms with Gasteiger partial charge in [-0.1, -0.05) is 29.8 Å². The fraction of sp³-hybridized carbons (Fsp3) is 0.682. The van der Waals surface area contributed by atoms with Crippen LogP contribution in [0.1, 0.15) is 43.2 Å². The zero-order chi connectivity index (χ0) is 20.6. The lowest BCUT2D eigenvalue weighted by atomic mass is 9.79. The number of piperidine rings is 1. The van der Waals surface area contributed by atoms with Gasteiger partial charge in [0, 0.05) is 37.5 Å². The van der Waals surface area contributed by atoms with Crippen molar-refractivity contribution >= 4 is 5.97 Å². The number of esters is 1. The molecule has 2 aliphatic rings.